The summed E-state index contributed by atoms with van der Waals surface area (Å²) in [5, 5.41) is 4.74. The van der Waals surface area contributed by atoms with Crippen LogP contribution < -0.4 is 10.9 Å². The van der Waals surface area contributed by atoms with Crippen molar-refractivity contribution in [3.05, 3.63) is 63.4 Å². The van der Waals surface area contributed by atoms with Crippen LogP contribution in [0.4, 0.5) is 5.69 Å². The van der Waals surface area contributed by atoms with E-state index in [4.69, 9.17) is 21.0 Å². The molecular formula is C23H22ClN3O3S. The van der Waals surface area contributed by atoms with Crippen molar-refractivity contribution in [2.45, 2.75) is 38.4 Å². The van der Waals surface area contributed by atoms with Crippen molar-refractivity contribution >= 4 is 57.0 Å². The lowest BCUT2D eigenvalue weighted by atomic mass is 10.2. The number of carbonyl (C=O) groups excluding carboxylic acids is 1. The molecule has 0 aliphatic carbocycles. The van der Waals surface area contributed by atoms with Gasteiger partial charge in [-0.3, -0.25) is 14.2 Å². The number of unbranched alkanes of at least 4 members (excludes halogenated alkanes) is 1. The Kier molecular flexibility index (Phi) is 6.34. The molecule has 31 heavy (non-hydrogen) atoms. The normalized spacial score (nSPS) is 11.3. The van der Waals surface area contributed by atoms with Crippen LogP contribution in [0.25, 0.3) is 22.1 Å². The highest BCUT2D eigenvalue weighted by molar-refractivity contribution is 7.99. The van der Waals surface area contributed by atoms with E-state index in [0.717, 1.165) is 23.8 Å². The van der Waals surface area contributed by atoms with Crippen LogP contribution in [0.15, 0.2) is 56.8 Å². The summed E-state index contributed by atoms with van der Waals surface area (Å²) in [6.45, 7) is 4.49. The first-order valence-corrected chi connectivity index (χ1v) is 11.4. The van der Waals surface area contributed by atoms with Gasteiger partial charge in [0, 0.05) is 22.6 Å². The summed E-state index contributed by atoms with van der Waals surface area (Å²) < 4.78 is 7.40. The van der Waals surface area contributed by atoms with Gasteiger partial charge in [-0.05, 0) is 43.2 Å². The maximum atomic E-state index is 13.1. The molecule has 0 unspecified atom stereocenters. The molecule has 0 aliphatic heterocycles. The van der Waals surface area contributed by atoms with Gasteiger partial charge in [0.1, 0.15) is 11.1 Å². The van der Waals surface area contributed by atoms with Gasteiger partial charge in [0.05, 0.1) is 5.75 Å². The average Bonchev–Trinajstić information content (AvgIpc) is 3.13. The molecule has 2 aromatic heterocycles. The van der Waals surface area contributed by atoms with E-state index in [0.29, 0.717) is 33.5 Å². The predicted octanol–water partition coefficient (Wildman–Crippen LogP) is 5.64. The minimum Gasteiger partial charge on any atom is -0.448 e. The zero-order valence-electron chi connectivity index (χ0n) is 17.3. The summed E-state index contributed by atoms with van der Waals surface area (Å²) in [7, 11) is 0. The molecule has 2 heterocycles. The van der Waals surface area contributed by atoms with Crippen LogP contribution in [-0.2, 0) is 11.3 Å². The zero-order valence-corrected chi connectivity index (χ0v) is 18.8. The van der Waals surface area contributed by atoms with E-state index in [1.165, 1.54) is 11.8 Å². The average molecular weight is 456 g/mol. The number of thioether (sulfide) groups is 1. The van der Waals surface area contributed by atoms with Crippen molar-refractivity contribution in [1.82, 2.24) is 9.55 Å². The lowest BCUT2D eigenvalue weighted by Crippen LogP contribution is -2.24. The van der Waals surface area contributed by atoms with E-state index >= 15 is 0 Å². The number of para-hydroxylation sites is 1. The Balaban J connectivity index is 1.65. The number of rotatable bonds is 7. The fraction of sp³-hybridized carbons (Fsp3) is 0.261. The van der Waals surface area contributed by atoms with Crippen molar-refractivity contribution in [2.24, 2.45) is 0 Å². The maximum absolute atomic E-state index is 13.1. The van der Waals surface area contributed by atoms with E-state index < -0.39 is 0 Å². The Morgan fingerprint density at radius 2 is 2.06 bits per heavy atom. The number of halogens is 1. The van der Waals surface area contributed by atoms with E-state index in [9.17, 15) is 9.59 Å². The first-order valence-electron chi connectivity index (χ1n) is 10.1. The van der Waals surface area contributed by atoms with Gasteiger partial charge in [-0.2, -0.15) is 0 Å². The molecular weight excluding hydrogens is 434 g/mol. The number of benzene rings is 2. The maximum Gasteiger partial charge on any atom is 0.297 e. The first-order chi connectivity index (χ1) is 15.0. The van der Waals surface area contributed by atoms with Crippen molar-refractivity contribution in [2.75, 3.05) is 11.1 Å². The van der Waals surface area contributed by atoms with Gasteiger partial charge in [0.15, 0.2) is 5.16 Å². The number of hydrogen-bond donors (Lipinski definition) is 1. The molecule has 1 N–H and O–H groups in total. The minimum atomic E-state index is -0.219. The first kappa shape index (κ1) is 21.5. The number of fused-ring (bicyclic) bond motifs is 3. The van der Waals surface area contributed by atoms with Crippen LogP contribution in [0.2, 0.25) is 5.02 Å². The number of anilines is 1. The highest BCUT2D eigenvalue weighted by Gasteiger charge is 2.18. The Hall–Kier alpha value is -2.77. The molecule has 6 nitrogen and oxygen atoms in total. The molecule has 0 bridgehead atoms. The topological polar surface area (TPSA) is 77.1 Å². The lowest BCUT2D eigenvalue weighted by Gasteiger charge is -2.12. The number of aryl methyl sites for hydroxylation is 1. The van der Waals surface area contributed by atoms with Gasteiger partial charge in [-0.1, -0.05) is 54.9 Å². The largest absolute Gasteiger partial charge is 0.448 e. The third-order valence-electron chi connectivity index (χ3n) is 4.99. The Labute approximate surface area is 188 Å². The summed E-state index contributed by atoms with van der Waals surface area (Å²) in [6.07, 6.45) is 1.76. The molecule has 0 spiro atoms. The van der Waals surface area contributed by atoms with E-state index in [2.05, 4.69) is 12.2 Å². The Morgan fingerprint density at radius 1 is 1.26 bits per heavy atom. The lowest BCUT2D eigenvalue weighted by molar-refractivity contribution is -0.113. The van der Waals surface area contributed by atoms with Crippen LogP contribution in [0.3, 0.4) is 0 Å². The molecule has 4 aromatic rings. The van der Waals surface area contributed by atoms with Gasteiger partial charge in [-0.15, -0.1) is 0 Å². The van der Waals surface area contributed by atoms with E-state index in [1.54, 1.807) is 16.7 Å². The summed E-state index contributed by atoms with van der Waals surface area (Å²) in [5.74, 6) is -0.0740. The second-order valence-corrected chi connectivity index (χ2v) is 8.66. The molecule has 0 saturated carbocycles. The molecule has 0 radical (unpaired) electrons. The summed E-state index contributed by atoms with van der Waals surface area (Å²) in [5.41, 5.74) is 2.78. The fourth-order valence-corrected chi connectivity index (χ4v) is 4.31. The summed E-state index contributed by atoms with van der Waals surface area (Å²) in [6, 6.07) is 12.8. The number of nitrogens with zero attached hydrogens (tertiary/aromatic N) is 2. The number of carbonyl (C=O) groups is 1. The molecule has 0 atom stereocenters. The quantitative estimate of drug-likeness (QED) is 0.288. The van der Waals surface area contributed by atoms with E-state index in [1.807, 2.05) is 37.3 Å². The number of aromatic nitrogens is 2. The van der Waals surface area contributed by atoms with Gasteiger partial charge < -0.3 is 9.73 Å². The smallest absolute Gasteiger partial charge is 0.297 e. The Morgan fingerprint density at radius 3 is 2.87 bits per heavy atom. The number of amides is 1. The van der Waals surface area contributed by atoms with Crippen LogP contribution in [-0.4, -0.2) is 21.2 Å². The molecule has 160 valence electrons. The van der Waals surface area contributed by atoms with Crippen LogP contribution in [0.1, 0.15) is 25.3 Å². The van der Waals surface area contributed by atoms with Crippen LogP contribution in [0, 0.1) is 6.92 Å². The molecule has 0 saturated heterocycles. The van der Waals surface area contributed by atoms with E-state index in [-0.39, 0.29) is 22.8 Å². The summed E-state index contributed by atoms with van der Waals surface area (Å²) >= 11 is 7.28. The van der Waals surface area contributed by atoms with Crippen molar-refractivity contribution in [3.8, 4) is 0 Å². The molecule has 0 fully saturated rings. The Bertz CT molecular complexity index is 1330. The van der Waals surface area contributed by atoms with Gasteiger partial charge in [0.25, 0.3) is 5.56 Å². The second-order valence-electron chi connectivity index (χ2n) is 7.28. The number of nitrogens with one attached hydrogen (secondary N) is 1. The van der Waals surface area contributed by atoms with Gasteiger partial charge in [0.2, 0.25) is 11.5 Å². The molecule has 4 rings (SSSR count). The fourth-order valence-electron chi connectivity index (χ4n) is 3.32. The van der Waals surface area contributed by atoms with Gasteiger partial charge >= 0.3 is 0 Å². The molecule has 8 heteroatoms. The molecule has 1 amide bonds. The third kappa shape index (κ3) is 4.48. The monoisotopic (exact) mass is 455 g/mol. The number of hydrogen-bond acceptors (Lipinski definition) is 5. The predicted molar refractivity (Wildman–Crippen MR) is 126 cm³/mol. The van der Waals surface area contributed by atoms with Crippen molar-refractivity contribution in [1.29, 1.82) is 0 Å². The highest BCUT2D eigenvalue weighted by atomic mass is 35.5. The molecule has 0 aliphatic rings. The zero-order chi connectivity index (χ0) is 22.0. The highest BCUT2D eigenvalue weighted by Crippen LogP contribution is 2.27. The molecule has 2 aromatic carbocycles. The SMILES string of the molecule is CCCCn1c(SCC(=O)Nc2cc(Cl)ccc2C)nc2c(oc3ccccc32)c1=O. The van der Waals surface area contributed by atoms with Gasteiger partial charge in [-0.25, -0.2) is 4.98 Å². The van der Waals surface area contributed by atoms with Crippen molar-refractivity contribution in [3.63, 3.8) is 0 Å². The third-order valence-corrected chi connectivity index (χ3v) is 6.20. The van der Waals surface area contributed by atoms with Crippen LogP contribution in [0.5, 0.6) is 0 Å². The standard InChI is InChI=1S/C23H22ClN3O3S/c1-3-4-11-27-22(29)21-20(16-7-5-6-8-18(16)30-21)26-23(27)31-13-19(28)25-17-12-15(24)10-9-14(17)2/h5-10,12H,3-4,11,13H2,1-2H3,(H,25,28). The summed E-state index contributed by atoms with van der Waals surface area (Å²) in [4.78, 5) is 30.4. The number of furan rings is 1. The minimum absolute atomic E-state index is 0.117. The van der Waals surface area contributed by atoms with Crippen LogP contribution >= 0.6 is 23.4 Å². The van der Waals surface area contributed by atoms with Crippen molar-refractivity contribution < 1.29 is 9.21 Å². The second kappa shape index (κ2) is 9.16.